The van der Waals surface area contributed by atoms with Crippen LogP contribution in [-0.2, 0) is 0 Å². The lowest BCUT2D eigenvalue weighted by atomic mass is 10.1. The second kappa shape index (κ2) is 4.28. The number of nitrogen functional groups attached to an aromatic ring is 1. The molecule has 2 heterocycles. The molecule has 0 unspecified atom stereocenters. The molecule has 4 nitrogen and oxygen atoms in total. The number of piperidine rings is 1. The van der Waals surface area contributed by atoms with Crippen LogP contribution in [0.25, 0.3) is 0 Å². The fourth-order valence-corrected chi connectivity index (χ4v) is 1.58. The average molecular weight is 193 g/mol. The van der Waals surface area contributed by atoms with E-state index in [4.69, 9.17) is 10.5 Å². The summed E-state index contributed by atoms with van der Waals surface area (Å²) in [5.41, 5.74) is 6.34. The molecule has 0 spiro atoms. The van der Waals surface area contributed by atoms with E-state index in [1.165, 1.54) is 0 Å². The molecule has 1 saturated heterocycles. The van der Waals surface area contributed by atoms with E-state index in [0.717, 1.165) is 25.9 Å². The van der Waals surface area contributed by atoms with Crippen molar-refractivity contribution in [2.75, 3.05) is 18.8 Å². The first-order chi connectivity index (χ1) is 6.86. The Balaban J connectivity index is 1.99. The predicted molar refractivity (Wildman–Crippen MR) is 55.2 cm³/mol. The van der Waals surface area contributed by atoms with Crippen molar-refractivity contribution < 1.29 is 4.74 Å². The van der Waals surface area contributed by atoms with Crippen LogP contribution in [0.2, 0.25) is 0 Å². The Labute approximate surface area is 83.5 Å². The number of rotatable bonds is 2. The molecular formula is C10H15N3O. The Bertz CT molecular complexity index is 297. The summed E-state index contributed by atoms with van der Waals surface area (Å²) < 4.78 is 5.69. The van der Waals surface area contributed by atoms with Crippen LogP contribution in [0.15, 0.2) is 18.3 Å². The number of nitrogens with one attached hydrogen (secondary N) is 1. The number of nitrogens with two attached hydrogens (primary N) is 1. The van der Waals surface area contributed by atoms with E-state index >= 15 is 0 Å². The Morgan fingerprint density at radius 2 is 2.50 bits per heavy atom. The van der Waals surface area contributed by atoms with Crippen LogP contribution in [0, 0.1) is 0 Å². The standard InChI is InChI=1S/C10H15N3O/c11-9-4-2-6-13-10(9)14-8-3-1-5-12-7-8/h2,4,6,8,12H,1,3,5,7,11H2/t8-/m1/s1. The van der Waals surface area contributed by atoms with Crippen LogP contribution in [0.5, 0.6) is 5.88 Å². The molecule has 2 rings (SSSR count). The molecule has 0 bridgehead atoms. The zero-order chi connectivity index (χ0) is 9.80. The van der Waals surface area contributed by atoms with Crippen molar-refractivity contribution in [1.29, 1.82) is 0 Å². The van der Waals surface area contributed by atoms with Crippen LogP contribution in [-0.4, -0.2) is 24.2 Å². The van der Waals surface area contributed by atoms with Gasteiger partial charge in [-0.1, -0.05) is 0 Å². The van der Waals surface area contributed by atoms with E-state index in [1.807, 2.05) is 0 Å². The second-order valence-corrected chi connectivity index (χ2v) is 3.48. The Morgan fingerprint density at radius 1 is 1.57 bits per heavy atom. The van der Waals surface area contributed by atoms with Gasteiger partial charge < -0.3 is 15.8 Å². The van der Waals surface area contributed by atoms with Crippen molar-refractivity contribution in [2.45, 2.75) is 18.9 Å². The average Bonchev–Trinajstić information content (AvgIpc) is 2.23. The van der Waals surface area contributed by atoms with E-state index < -0.39 is 0 Å². The van der Waals surface area contributed by atoms with E-state index in [2.05, 4.69) is 10.3 Å². The highest BCUT2D eigenvalue weighted by atomic mass is 16.5. The summed E-state index contributed by atoms with van der Waals surface area (Å²) in [5.74, 6) is 0.557. The largest absolute Gasteiger partial charge is 0.472 e. The molecule has 0 radical (unpaired) electrons. The van der Waals surface area contributed by atoms with Crippen LogP contribution < -0.4 is 15.8 Å². The van der Waals surface area contributed by atoms with Gasteiger partial charge in [-0.05, 0) is 31.5 Å². The quantitative estimate of drug-likeness (QED) is 0.729. The summed E-state index contributed by atoms with van der Waals surface area (Å²) in [4.78, 5) is 4.10. The molecule has 1 fully saturated rings. The molecule has 4 heteroatoms. The van der Waals surface area contributed by atoms with Gasteiger partial charge in [0.15, 0.2) is 0 Å². The fourth-order valence-electron chi connectivity index (χ4n) is 1.58. The van der Waals surface area contributed by atoms with Gasteiger partial charge in [0.05, 0.1) is 5.69 Å². The van der Waals surface area contributed by atoms with Gasteiger partial charge in [0.1, 0.15) is 6.10 Å². The van der Waals surface area contributed by atoms with Crippen LogP contribution in [0.4, 0.5) is 5.69 Å². The van der Waals surface area contributed by atoms with Crippen LogP contribution in [0.3, 0.4) is 0 Å². The molecule has 0 saturated carbocycles. The van der Waals surface area contributed by atoms with Gasteiger partial charge in [0, 0.05) is 12.7 Å². The van der Waals surface area contributed by atoms with Gasteiger partial charge >= 0.3 is 0 Å². The molecular weight excluding hydrogens is 178 g/mol. The fraction of sp³-hybridized carbons (Fsp3) is 0.500. The topological polar surface area (TPSA) is 60.2 Å². The molecule has 1 aromatic rings. The van der Waals surface area contributed by atoms with Crippen molar-refractivity contribution in [3.05, 3.63) is 18.3 Å². The number of aromatic nitrogens is 1. The number of pyridine rings is 1. The Morgan fingerprint density at radius 3 is 3.21 bits per heavy atom. The number of nitrogens with zero attached hydrogens (tertiary/aromatic N) is 1. The summed E-state index contributed by atoms with van der Waals surface area (Å²) in [6.45, 7) is 1.97. The van der Waals surface area contributed by atoms with Crippen molar-refractivity contribution in [3.8, 4) is 5.88 Å². The number of ether oxygens (including phenoxy) is 1. The summed E-state index contributed by atoms with van der Waals surface area (Å²) in [5, 5.41) is 3.28. The van der Waals surface area contributed by atoms with Gasteiger partial charge in [0.25, 0.3) is 0 Å². The number of hydrogen-bond donors (Lipinski definition) is 2. The minimum absolute atomic E-state index is 0.209. The maximum absolute atomic E-state index is 5.73. The SMILES string of the molecule is Nc1cccnc1O[C@@H]1CCCNC1. The third-order valence-electron chi connectivity index (χ3n) is 2.33. The molecule has 1 aromatic heterocycles. The Hall–Kier alpha value is -1.29. The first-order valence-electron chi connectivity index (χ1n) is 4.94. The monoisotopic (exact) mass is 193 g/mol. The highest BCUT2D eigenvalue weighted by molar-refractivity contribution is 5.46. The molecule has 3 N–H and O–H groups in total. The van der Waals surface area contributed by atoms with Gasteiger partial charge in [-0.25, -0.2) is 4.98 Å². The lowest BCUT2D eigenvalue weighted by Crippen LogP contribution is -2.37. The van der Waals surface area contributed by atoms with Gasteiger partial charge in [-0.3, -0.25) is 0 Å². The zero-order valence-corrected chi connectivity index (χ0v) is 8.07. The summed E-state index contributed by atoms with van der Waals surface area (Å²) in [6.07, 6.45) is 4.13. The third kappa shape index (κ3) is 2.14. The van der Waals surface area contributed by atoms with Gasteiger partial charge in [-0.15, -0.1) is 0 Å². The maximum Gasteiger partial charge on any atom is 0.237 e. The first-order valence-corrected chi connectivity index (χ1v) is 4.94. The first kappa shape index (κ1) is 9.27. The van der Waals surface area contributed by atoms with Crippen LogP contribution >= 0.6 is 0 Å². The van der Waals surface area contributed by atoms with Gasteiger partial charge in [0.2, 0.25) is 5.88 Å². The highest BCUT2D eigenvalue weighted by Crippen LogP contribution is 2.19. The number of anilines is 1. The van der Waals surface area contributed by atoms with E-state index in [9.17, 15) is 0 Å². The number of hydrogen-bond acceptors (Lipinski definition) is 4. The van der Waals surface area contributed by atoms with Crippen molar-refractivity contribution in [1.82, 2.24) is 10.3 Å². The van der Waals surface area contributed by atoms with E-state index in [0.29, 0.717) is 11.6 Å². The smallest absolute Gasteiger partial charge is 0.237 e. The van der Waals surface area contributed by atoms with Crippen molar-refractivity contribution >= 4 is 5.69 Å². The third-order valence-corrected chi connectivity index (χ3v) is 2.33. The lowest BCUT2D eigenvalue weighted by molar-refractivity contribution is 0.161. The molecule has 1 aliphatic heterocycles. The second-order valence-electron chi connectivity index (χ2n) is 3.48. The van der Waals surface area contributed by atoms with Crippen LogP contribution in [0.1, 0.15) is 12.8 Å². The summed E-state index contributed by atoms with van der Waals surface area (Å²) in [7, 11) is 0. The summed E-state index contributed by atoms with van der Waals surface area (Å²) >= 11 is 0. The van der Waals surface area contributed by atoms with Crippen molar-refractivity contribution in [3.63, 3.8) is 0 Å². The van der Waals surface area contributed by atoms with E-state index in [1.54, 1.807) is 18.3 Å². The molecule has 76 valence electrons. The lowest BCUT2D eigenvalue weighted by Gasteiger charge is -2.23. The minimum atomic E-state index is 0.209. The predicted octanol–water partition coefficient (Wildman–Crippen LogP) is 0.795. The zero-order valence-electron chi connectivity index (χ0n) is 8.07. The van der Waals surface area contributed by atoms with Crippen molar-refractivity contribution in [2.24, 2.45) is 0 Å². The molecule has 0 aromatic carbocycles. The highest BCUT2D eigenvalue weighted by Gasteiger charge is 2.15. The molecule has 14 heavy (non-hydrogen) atoms. The summed E-state index contributed by atoms with van der Waals surface area (Å²) in [6, 6.07) is 3.61. The maximum atomic E-state index is 5.73. The molecule has 1 atom stereocenters. The van der Waals surface area contributed by atoms with E-state index in [-0.39, 0.29) is 6.10 Å². The minimum Gasteiger partial charge on any atom is -0.472 e. The molecule has 0 aliphatic carbocycles. The Kier molecular flexibility index (Phi) is 2.84. The van der Waals surface area contributed by atoms with Gasteiger partial charge in [-0.2, -0.15) is 0 Å². The molecule has 1 aliphatic rings. The normalized spacial score (nSPS) is 21.9. The molecule has 0 amide bonds.